The number of aliphatic hydroxyl groups excluding tert-OH is 1. The Bertz CT molecular complexity index is 673. The molecule has 0 spiro atoms. The Kier molecular flexibility index (Phi) is 5.71. The highest BCUT2D eigenvalue weighted by Gasteiger charge is 2.23. The summed E-state index contributed by atoms with van der Waals surface area (Å²) in [6.07, 6.45) is 0.564. The number of rotatable bonds is 7. The van der Waals surface area contributed by atoms with Gasteiger partial charge in [0.1, 0.15) is 17.0 Å². The zero-order valence-corrected chi connectivity index (χ0v) is 13.7. The lowest BCUT2D eigenvalue weighted by molar-refractivity contribution is 0.204. The minimum absolute atomic E-state index is 0.0995. The maximum Gasteiger partial charge on any atom is 0.121 e. The van der Waals surface area contributed by atoms with Crippen molar-refractivity contribution < 1.29 is 14.6 Å². The number of azo groups is 1. The van der Waals surface area contributed by atoms with Crippen LogP contribution in [0.4, 0.5) is 5.69 Å². The summed E-state index contributed by atoms with van der Waals surface area (Å²) in [5, 5.41) is 18.3. The lowest BCUT2D eigenvalue weighted by Crippen LogP contribution is -2.29. The number of benzene rings is 2. The van der Waals surface area contributed by atoms with Crippen molar-refractivity contribution in [2.24, 2.45) is 10.2 Å². The molecule has 1 N–H and O–H groups in total. The minimum atomic E-state index is -0.699. The van der Waals surface area contributed by atoms with Crippen molar-refractivity contribution in [3.05, 3.63) is 54.1 Å². The Hall–Kier alpha value is -2.40. The van der Waals surface area contributed by atoms with Crippen LogP contribution in [0.5, 0.6) is 11.5 Å². The van der Waals surface area contributed by atoms with Crippen LogP contribution in [0.25, 0.3) is 0 Å². The van der Waals surface area contributed by atoms with Crippen molar-refractivity contribution in [3.63, 3.8) is 0 Å². The molecule has 5 nitrogen and oxygen atoms in total. The van der Waals surface area contributed by atoms with E-state index in [4.69, 9.17) is 9.47 Å². The van der Waals surface area contributed by atoms with E-state index in [9.17, 15) is 5.11 Å². The van der Waals surface area contributed by atoms with Gasteiger partial charge in [-0.3, -0.25) is 0 Å². The molecule has 122 valence electrons. The zero-order valence-electron chi connectivity index (χ0n) is 13.7. The van der Waals surface area contributed by atoms with Crippen molar-refractivity contribution in [2.75, 3.05) is 20.8 Å². The third-order valence-electron chi connectivity index (χ3n) is 3.52. The van der Waals surface area contributed by atoms with E-state index in [1.807, 2.05) is 49.4 Å². The molecular weight excluding hydrogens is 292 g/mol. The molecule has 2 aromatic rings. The van der Waals surface area contributed by atoms with E-state index in [2.05, 4.69) is 10.2 Å². The molecule has 23 heavy (non-hydrogen) atoms. The molecule has 0 aliphatic carbocycles. The van der Waals surface area contributed by atoms with Gasteiger partial charge >= 0.3 is 0 Å². The van der Waals surface area contributed by atoms with Crippen LogP contribution in [0.2, 0.25) is 0 Å². The first-order valence-corrected chi connectivity index (χ1v) is 7.39. The van der Waals surface area contributed by atoms with Crippen molar-refractivity contribution in [3.8, 4) is 11.5 Å². The predicted molar refractivity (Wildman–Crippen MR) is 89.7 cm³/mol. The fourth-order valence-electron chi connectivity index (χ4n) is 2.20. The van der Waals surface area contributed by atoms with Gasteiger partial charge in [0.05, 0.1) is 26.5 Å². The van der Waals surface area contributed by atoms with Crippen LogP contribution >= 0.6 is 0 Å². The van der Waals surface area contributed by atoms with Crippen LogP contribution in [-0.2, 0) is 6.42 Å². The van der Waals surface area contributed by atoms with Gasteiger partial charge in [-0.1, -0.05) is 18.2 Å². The van der Waals surface area contributed by atoms with Crippen LogP contribution < -0.4 is 9.47 Å². The average Bonchev–Trinajstić information content (AvgIpc) is 2.60. The quantitative estimate of drug-likeness (QED) is 0.791. The van der Waals surface area contributed by atoms with Crippen LogP contribution in [-0.4, -0.2) is 31.5 Å². The number of methoxy groups -OCH3 is 2. The molecule has 0 heterocycles. The van der Waals surface area contributed by atoms with Crippen LogP contribution in [0, 0.1) is 0 Å². The first kappa shape index (κ1) is 17.0. The topological polar surface area (TPSA) is 63.4 Å². The van der Waals surface area contributed by atoms with Crippen LogP contribution in [0.1, 0.15) is 12.5 Å². The summed E-state index contributed by atoms with van der Waals surface area (Å²) < 4.78 is 10.4. The van der Waals surface area contributed by atoms with Gasteiger partial charge in [-0.2, -0.15) is 10.2 Å². The summed E-state index contributed by atoms with van der Waals surface area (Å²) in [5.41, 5.74) is 1.02. The normalized spacial score (nSPS) is 13.7. The van der Waals surface area contributed by atoms with Gasteiger partial charge in [-0.15, -0.1) is 0 Å². The summed E-state index contributed by atoms with van der Waals surface area (Å²) in [6.45, 7) is 1.77. The van der Waals surface area contributed by atoms with Gasteiger partial charge in [-0.05, 0) is 36.8 Å². The number of nitrogens with zero attached hydrogens (tertiary/aromatic N) is 2. The van der Waals surface area contributed by atoms with Crippen molar-refractivity contribution in [1.82, 2.24) is 0 Å². The summed E-state index contributed by atoms with van der Waals surface area (Å²) in [7, 11) is 3.24. The molecule has 0 unspecified atom stereocenters. The standard InChI is InChI=1S/C18H22N2O3/c1-18(13-21,12-14-6-4-8-16(10-14)22-2)20-19-15-7-5-9-17(11-15)23-3/h4-11,21H,12-13H2,1-3H3/t18-/m0/s1. The minimum Gasteiger partial charge on any atom is -0.497 e. The summed E-state index contributed by atoms with van der Waals surface area (Å²) in [6, 6.07) is 15.1. The molecule has 0 radical (unpaired) electrons. The summed E-state index contributed by atoms with van der Waals surface area (Å²) in [5.74, 6) is 1.51. The van der Waals surface area contributed by atoms with E-state index < -0.39 is 5.54 Å². The molecule has 5 heteroatoms. The van der Waals surface area contributed by atoms with E-state index in [-0.39, 0.29) is 6.61 Å². The number of ether oxygens (including phenoxy) is 2. The number of aliphatic hydroxyl groups is 1. The number of hydrogen-bond donors (Lipinski definition) is 1. The zero-order chi connectivity index (χ0) is 16.7. The second kappa shape index (κ2) is 7.74. The van der Waals surface area contributed by atoms with Crippen LogP contribution in [0.3, 0.4) is 0 Å². The number of hydrogen-bond acceptors (Lipinski definition) is 5. The highest BCUT2D eigenvalue weighted by molar-refractivity contribution is 5.42. The molecule has 0 bridgehead atoms. The van der Waals surface area contributed by atoms with E-state index in [1.54, 1.807) is 20.3 Å². The van der Waals surface area contributed by atoms with E-state index in [0.717, 1.165) is 17.1 Å². The highest BCUT2D eigenvalue weighted by Crippen LogP contribution is 2.25. The average molecular weight is 314 g/mol. The lowest BCUT2D eigenvalue weighted by Gasteiger charge is -2.21. The fourth-order valence-corrected chi connectivity index (χ4v) is 2.20. The van der Waals surface area contributed by atoms with E-state index in [0.29, 0.717) is 12.1 Å². The van der Waals surface area contributed by atoms with Gasteiger partial charge in [0, 0.05) is 12.5 Å². The molecule has 0 fully saturated rings. The van der Waals surface area contributed by atoms with Gasteiger partial charge < -0.3 is 14.6 Å². The van der Waals surface area contributed by atoms with E-state index in [1.165, 1.54) is 0 Å². The van der Waals surface area contributed by atoms with Gasteiger partial charge in [-0.25, -0.2) is 0 Å². The van der Waals surface area contributed by atoms with E-state index >= 15 is 0 Å². The third-order valence-corrected chi connectivity index (χ3v) is 3.52. The summed E-state index contributed by atoms with van der Waals surface area (Å²) >= 11 is 0. The Morgan fingerprint density at radius 1 is 1.00 bits per heavy atom. The Morgan fingerprint density at radius 2 is 1.65 bits per heavy atom. The Balaban J connectivity index is 2.17. The first-order chi connectivity index (χ1) is 11.1. The van der Waals surface area contributed by atoms with Crippen molar-refractivity contribution in [1.29, 1.82) is 0 Å². The van der Waals surface area contributed by atoms with Crippen molar-refractivity contribution in [2.45, 2.75) is 18.9 Å². The van der Waals surface area contributed by atoms with Gasteiger partial charge in [0.15, 0.2) is 0 Å². The third kappa shape index (κ3) is 4.79. The second-order valence-corrected chi connectivity index (χ2v) is 5.58. The maximum atomic E-state index is 9.74. The Morgan fingerprint density at radius 3 is 2.30 bits per heavy atom. The van der Waals surface area contributed by atoms with Gasteiger partial charge in [0.2, 0.25) is 0 Å². The van der Waals surface area contributed by atoms with Gasteiger partial charge in [0.25, 0.3) is 0 Å². The highest BCUT2D eigenvalue weighted by atomic mass is 16.5. The second-order valence-electron chi connectivity index (χ2n) is 5.58. The first-order valence-electron chi connectivity index (χ1n) is 7.39. The molecule has 0 saturated heterocycles. The molecule has 2 aromatic carbocycles. The molecule has 0 saturated carbocycles. The molecule has 0 amide bonds. The molecule has 1 atom stereocenters. The largest absolute Gasteiger partial charge is 0.497 e. The molecule has 0 aliphatic heterocycles. The van der Waals surface area contributed by atoms with Crippen LogP contribution in [0.15, 0.2) is 58.8 Å². The predicted octanol–water partition coefficient (Wildman–Crippen LogP) is 3.78. The maximum absolute atomic E-state index is 9.74. The summed E-state index contributed by atoms with van der Waals surface area (Å²) in [4.78, 5) is 0. The molecular formula is C18H22N2O3. The SMILES string of the molecule is COc1cccc(C[C@@](C)(CO)N=Nc2cccc(OC)c2)c1. The monoisotopic (exact) mass is 314 g/mol. The molecule has 0 aliphatic rings. The fraction of sp³-hybridized carbons (Fsp3) is 0.333. The smallest absolute Gasteiger partial charge is 0.121 e. The lowest BCUT2D eigenvalue weighted by atomic mass is 9.94. The Labute approximate surface area is 136 Å². The van der Waals surface area contributed by atoms with Crippen molar-refractivity contribution >= 4 is 5.69 Å². The molecule has 0 aromatic heterocycles. The molecule has 2 rings (SSSR count).